The summed E-state index contributed by atoms with van der Waals surface area (Å²) in [6.07, 6.45) is 0. The summed E-state index contributed by atoms with van der Waals surface area (Å²) in [6.45, 7) is 0.483. The van der Waals surface area contributed by atoms with Crippen molar-refractivity contribution in [1.29, 1.82) is 0 Å². The molecule has 0 spiro atoms. The molecule has 224 valence electrons. The van der Waals surface area contributed by atoms with Crippen LogP contribution in [0.1, 0.15) is 0 Å². The lowest BCUT2D eigenvalue weighted by atomic mass is 10.1. The van der Waals surface area contributed by atoms with Gasteiger partial charge in [-0.05, 0) is 35.7 Å². The van der Waals surface area contributed by atoms with E-state index in [4.69, 9.17) is 14.2 Å². The fourth-order valence-corrected chi connectivity index (χ4v) is 7.57. The van der Waals surface area contributed by atoms with Gasteiger partial charge in [-0.25, -0.2) is 13.2 Å². The van der Waals surface area contributed by atoms with Gasteiger partial charge in [0.25, 0.3) is 15.7 Å². The van der Waals surface area contributed by atoms with Crippen molar-refractivity contribution >= 4 is 38.8 Å². The Morgan fingerprint density at radius 1 is 0.884 bits per heavy atom. The fraction of sp³-hybridized carbons (Fsp3) is 0.207. The number of nitro groups is 1. The Morgan fingerprint density at radius 3 is 2.35 bits per heavy atom. The van der Waals surface area contributed by atoms with Gasteiger partial charge in [0, 0.05) is 61.2 Å². The van der Waals surface area contributed by atoms with E-state index in [0.717, 1.165) is 11.3 Å². The van der Waals surface area contributed by atoms with Crippen molar-refractivity contribution in [1.82, 2.24) is 9.21 Å². The predicted molar refractivity (Wildman–Crippen MR) is 162 cm³/mol. The van der Waals surface area contributed by atoms with E-state index in [1.807, 2.05) is 6.07 Å². The number of thiophene rings is 1. The van der Waals surface area contributed by atoms with Crippen LogP contribution < -0.4 is 19.5 Å². The Balaban J connectivity index is 1.31. The minimum Gasteiger partial charge on any atom is -0.493 e. The molecule has 43 heavy (non-hydrogen) atoms. The number of amides is 2. The number of hydrogen-bond acceptors (Lipinski definition) is 9. The lowest BCUT2D eigenvalue weighted by molar-refractivity contribution is -0.384. The molecule has 0 bridgehead atoms. The molecule has 0 aliphatic carbocycles. The summed E-state index contributed by atoms with van der Waals surface area (Å²) < 4.78 is 46.0. The molecule has 0 saturated carbocycles. The van der Waals surface area contributed by atoms with Gasteiger partial charge in [0.2, 0.25) is 0 Å². The topological polar surface area (TPSA) is 141 Å². The average molecular weight is 625 g/mol. The number of ether oxygens (including phenoxy) is 3. The lowest BCUT2D eigenvalue weighted by Gasteiger charge is -2.33. The molecule has 2 amide bonds. The number of anilines is 1. The van der Waals surface area contributed by atoms with Crippen molar-refractivity contribution < 1.29 is 32.3 Å². The van der Waals surface area contributed by atoms with E-state index >= 15 is 0 Å². The highest BCUT2D eigenvalue weighted by Crippen LogP contribution is 2.41. The SMILES string of the molecule is COc1ccc(Oc2ccccc2-c2ccsc2S(=O)(=O)N2CCN(C(=O)Nc3cccc([N+](=O)[O-])c3)CC2)cc1OC. The summed E-state index contributed by atoms with van der Waals surface area (Å²) in [4.78, 5) is 24.8. The third-order valence-corrected chi connectivity index (χ3v) is 10.2. The third-order valence-electron chi connectivity index (χ3n) is 6.80. The van der Waals surface area contributed by atoms with Crippen molar-refractivity contribution in [2.75, 3.05) is 45.7 Å². The van der Waals surface area contributed by atoms with Gasteiger partial charge in [-0.2, -0.15) is 4.31 Å². The number of piperazine rings is 1. The molecule has 14 heteroatoms. The largest absolute Gasteiger partial charge is 0.493 e. The maximum Gasteiger partial charge on any atom is 0.321 e. The number of nitrogens with one attached hydrogen (secondary N) is 1. The quantitative estimate of drug-likeness (QED) is 0.186. The number of urea groups is 1. The number of nitro benzene ring substituents is 1. The Kier molecular flexibility index (Phi) is 8.80. The van der Waals surface area contributed by atoms with Crippen LogP contribution in [0.2, 0.25) is 0 Å². The van der Waals surface area contributed by atoms with Gasteiger partial charge in [0.15, 0.2) is 11.5 Å². The van der Waals surface area contributed by atoms with Crippen LogP contribution in [-0.2, 0) is 10.0 Å². The van der Waals surface area contributed by atoms with Crippen LogP contribution in [0.15, 0.2) is 82.4 Å². The maximum atomic E-state index is 13.8. The van der Waals surface area contributed by atoms with E-state index in [-0.39, 0.29) is 41.8 Å². The van der Waals surface area contributed by atoms with Gasteiger partial charge >= 0.3 is 6.03 Å². The molecule has 0 unspecified atom stereocenters. The van der Waals surface area contributed by atoms with Crippen LogP contribution in [0.25, 0.3) is 11.1 Å². The van der Waals surface area contributed by atoms with Crippen LogP contribution in [0.4, 0.5) is 16.2 Å². The summed E-state index contributed by atoms with van der Waals surface area (Å²) in [5, 5.41) is 15.4. The van der Waals surface area contributed by atoms with Gasteiger partial charge in [0.05, 0.1) is 19.1 Å². The number of methoxy groups -OCH3 is 2. The van der Waals surface area contributed by atoms with Crippen molar-refractivity contribution in [2.45, 2.75) is 4.21 Å². The van der Waals surface area contributed by atoms with Crippen molar-refractivity contribution in [3.8, 4) is 34.1 Å². The highest BCUT2D eigenvalue weighted by Gasteiger charge is 2.33. The van der Waals surface area contributed by atoms with Gasteiger partial charge in [0.1, 0.15) is 15.7 Å². The standard InChI is InChI=1S/C29H28N4O8S2/c1-39-26-11-10-22(19-27(26)40-2)41-25-9-4-3-8-23(25)24-12-17-42-28(24)43(37,38)32-15-13-31(14-16-32)29(34)30-20-6-5-7-21(18-20)33(35)36/h3-12,17-19H,13-16H2,1-2H3,(H,30,34). The monoisotopic (exact) mass is 624 g/mol. The van der Waals surface area contributed by atoms with Crippen LogP contribution in [0.5, 0.6) is 23.0 Å². The van der Waals surface area contributed by atoms with Crippen LogP contribution in [-0.4, -0.2) is 69.0 Å². The smallest absolute Gasteiger partial charge is 0.321 e. The predicted octanol–water partition coefficient (Wildman–Crippen LogP) is 5.67. The molecule has 1 aliphatic rings. The van der Waals surface area contributed by atoms with Gasteiger partial charge in [-0.15, -0.1) is 11.3 Å². The van der Waals surface area contributed by atoms with Crippen LogP contribution in [0, 0.1) is 10.1 Å². The summed E-state index contributed by atoms with van der Waals surface area (Å²) in [5.41, 5.74) is 1.25. The molecule has 1 saturated heterocycles. The molecule has 0 radical (unpaired) electrons. The van der Waals surface area contributed by atoms with Crippen molar-refractivity contribution in [2.24, 2.45) is 0 Å². The first kappa shape index (κ1) is 29.8. The Labute approximate surface area is 252 Å². The molecule has 1 N–H and O–H groups in total. The number of hydrogen-bond donors (Lipinski definition) is 1. The molecule has 2 heterocycles. The molecule has 3 aromatic carbocycles. The zero-order chi connectivity index (χ0) is 30.6. The number of nitrogens with zero attached hydrogens (tertiary/aromatic N) is 3. The molecule has 1 aliphatic heterocycles. The lowest BCUT2D eigenvalue weighted by Crippen LogP contribution is -2.51. The third kappa shape index (κ3) is 6.40. The molecule has 0 atom stereocenters. The maximum absolute atomic E-state index is 13.8. The fourth-order valence-electron chi connectivity index (χ4n) is 4.63. The van der Waals surface area contributed by atoms with E-state index in [2.05, 4.69) is 5.32 Å². The minimum atomic E-state index is -3.90. The molecule has 1 aromatic heterocycles. The second-order valence-corrected chi connectivity index (χ2v) is 12.4. The summed E-state index contributed by atoms with van der Waals surface area (Å²) >= 11 is 1.11. The number of sulfonamides is 1. The van der Waals surface area contributed by atoms with Crippen molar-refractivity contribution in [3.63, 3.8) is 0 Å². The van der Waals surface area contributed by atoms with Gasteiger partial charge < -0.3 is 24.4 Å². The van der Waals surface area contributed by atoms with E-state index in [1.165, 1.54) is 34.5 Å². The molecule has 5 rings (SSSR count). The second-order valence-electron chi connectivity index (χ2n) is 9.37. The summed E-state index contributed by atoms with van der Waals surface area (Å²) in [6, 6.07) is 19.2. The number of para-hydroxylation sites is 1. The van der Waals surface area contributed by atoms with E-state index in [1.54, 1.807) is 61.0 Å². The number of non-ortho nitro benzene ring substituents is 1. The molecule has 1 fully saturated rings. The Morgan fingerprint density at radius 2 is 1.63 bits per heavy atom. The van der Waals surface area contributed by atoms with E-state index < -0.39 is 21.0 Å². The Bertz CT molecular complexity index is 1750. The molecular weight excluding hydrogens is 596 g/mol. The number of benzene rings is 3. The molecule has 4 aromatic rings. The van der Waals surface area contributed by atoms with E-state index in [9.17, 15) is 23.3 Å². The average Bonchev–Trinajstić information content (AvgIpc) is 3.52. The van der Waals surface area contributed by atoms with Crippen molar-refractivity contribution in [3.05, 3.63) is 88.3 Å². The second kappa shape index (κ2) is 12.7. The first-order valence-corrected chi connectivity index (χ1v) is 15.4. The zero-order valence-electron chi connectivity index (χ0n) is 23.3. The minimum absolute atomic E-state index is 0.0891. The van der Waals surface area contributed by atoms with E-state index in [0.29, 0.717) is 34.1 Å². The number of carbonyl (C=O) groups excluding carboxylic acids is 1. The van der Waals surface area contributed by atoms with Gasteiger partial charge in [-0.3, -0.25) is 10.1 Å². The highest BCUT2D eigenvalue weighted by molar-refractivity contribution is 7.91. The first-order valence-electron chi connectivity index (χ1n) is 13.1. The normalized spacial score (nSPS) is 13.8. The molecular formula is C29H28N4O8S2. The van der Waals surface area contributed by atoms with Crippen LogP contribution in [0.3, 0.4) is 0 Å². The number of rotatable bonds is 9. The summed E-state index contributed by atoms with van der Waals surface area (Å²) in [5.74, 6) is 2.00. The number of carbonyl (C=O) groups is 1. The molecule has 12 nitrogen and oxygen atoms in total. The van der Waals surface area contributed by atoms with Gasteiger partial charge in [-0.1, -0.05) is 24.3 Å². The van der Waals surface area contributed by atoms with Crippen LogP contribution >= 0.6 is 11.3 Å². The highest BCUT2D eigenvalue weighted by atomic mass is 32.2. The zero-order valence-corrected chi connectivity index (χ0v) is 24.9. The Hall–Kier alpha value is -4.66. The first-order chi connectivity index (χ1) is 20.7. The summed E-state index contributed by atoms with van der Waals surface area (Å²) in [7, 11) is -0.831.